The Morgan fingerprint density at radius 3 is 2.64 bits per heavy atom. The summed E-state index contributed by atoms with van der Waals surface area (Å²) < 4.78 is 0. The molecule has 2 rings (SSSR count). The summed E-state index contributed by atoms with van der Waals surface area (Å²) >= 11 is 5.00. The molecule has 0 spiro atoms. The Morgan fingerprint density at radius 2 is 2.05 bits per heavy atom. The van der Waals surface area contributed by atoms with E-state index in [1.807, 2.05) is 31.2 Å². The van der Waals surface area contributed by atoms with Gasteiger partial charge < -0.3 is 16.1 Å². The molecule has 0 unspecified atom stereocenters. The first-order valence-corrected chi connectivity index (χ1v) is 7.76. The zero-order chi connectivity index (χ0) is 16.5. The van der Waals surface area contributed by atoms with Crippen molar-refractivity contribution >= 4 is 28.9 Å². The van der Waals surface area contributed by atoms with Crippen molar-refractivity contribution in [2.45, 2.75) is 13.3 Å². The Balaban J connectivity index is 0.000000745. The van der Waals surface area contributed by atoms with Gasteiger partial charge in [0.15, 0.2) is 0 Å². The second-order valence-corrected chi connectivity index (χ2v) is 5.08. The maximum absolute atomic E-state index is 12.4. The van der Waals surface area contributed by atoms with E-state index in [2.05, 4.69) is 17.1 Å². The van der Waals surface area contributed by atoms with E-state index in [0.29, 0.717) is 24.4 Å². The molecule has 22 heavy (non-hydrogen) atoms. The van der Waals surface area contributed by atoms with Gasteiger partial charge >= 0.3 is 0 Å². The van der Waals surface area contributed by atoms with Crippen molar-refractivity contribution in [2.24, 2.45) is 10.8 Å². The molecule has 1 aromatic carbocycles. The molecule has 1 heterocycles. The first kappa shape index (κ1) is 18.2. The molecular weight excluding hydrogens is 300 g/mol. The van der Waals surface area contributed by atoms with Gasteiger partial charge in [-0.25, -0.2) is 0 Å². The molecule has 0 aromatic heterocycles. The summed E-state index contributed by atoms with van der Waals surface area (Å²) in [6.07, 6.45) is 0.756. The summed E-state index contributed by atoms with van der Waals surface area (Å²) in [4.78, 5) is 14.1. The molecule has 0 aliphatic carbocycles. The van der Waals surface area contributed by atoms with Gasteiger partial charge in [-0.05, 0) is 19.0 Å². The highest BCUT2D eigenvalue weighted by Gasteiger charge is 2.31. The van der Waals surface area contributed by atoms with E-state index in [0.717, 1.165) is 23.6 Å². The molecule has 1 amide bonds. The number of hydrazone groups is 1. The number of amides is 1. The maximum atomic E-state index is 12.4. The summed E-state index contributed by atoms with van der Waals surface area (Å²) in [5.74, 6) is 0.612. The lowest BCUT2D eigenvalue weighted by Crippen LogP contribution is -2.41. The van der Waals surface area contributed by atoms with Gasteiger partial charge in [-0.3, -0.25) is 4.79 Å². The zero-order valence-corrected chi connectivity index (χ0v) is 13.9. The molecular formula is C16H23ClN4O. The first-order chi connectivity index (χ1) is 10.6. The van der Waals surface area contributed by atoms with Crippen LogP contribution in [0.15, 0.2) is 41.5 Å². The van der Waals surface area contributed by atoms with Crippen LogP contribution in [0.5, 0.6) is 0 Å². The minimum absolute atomic E-state index is 0.110. The molecule has 0 saturated heterocycles. The molecule has 6 heteroatoms. The van der Waals surface area contributed by atoms with Crippen LogP contribution in [0.2, 0.25) is 0 Å². The summed E-state index contributed by atoms with van der Waals surface area (Å²) in [5.41, 5.74) is 11.0. The smallest absolute Gasteiger partial charge is 0.259 e. The number of para-hydroxylation sites is 1. The normalized spacial score (nSPS) is 15.3. The van der Waals surface area contributed by atoms with Crippen molar-refractivity contribution in [3.05, 3.63) is 42.0 Å². The maximum Gasteiger partial charge on any atom is 0.259 e. The molecule has 120 valence electrons. The van der Waals surface area contributed by atoms with Crippen LogP contribution in [0, 0.1) is 0 Å². The zero-order valence-electron chi connectivity index (χ0n) is 13.1. The summed E-state index contributed by atoms with van der Waals surface area (Å²) in [6.45, 7) is 6.90. The van der Waals surface area contributed by atoms with Crippen LogP contribution in [0.3, 0.4) is 0 Å². The molecule has 1 aromatic rings. The number of rotatable bonds is 4. The van der Waals surface area contributed by atoms with Crippen molar-refractivity contribution in [1.82, 2.24) is 5.43 Å². The number of carbonyl (C=O) groups is 1. The molecule has 3 N–H and O–H groups in total. The van der Waals surface area contributed by atoms with E-state index in [-0.39, 0.29) is 5.91 Å². The Morgan fingerprint density at radius 1 is 1.41 bits per heavy atom. The standard InChI is InChI=1S/C14H18N4O.C2H5Cl/c1-10-13(17-16-2)11-6-3-4-7-12(11)18(14(10)19)9-5-8-15;1-2-3/h3-4,6-7,16H,1,5,8-9,15H2,2H3;2H2,1H3/b17-13+;. The summed E-state index contributed by atoms with van der Waals surface area (Å²) in [6, 6.07) is 7.70. The highest BCUT2D eigenvalue weighted by Crippen LogP contribution is 2.30. The fraction of sp³-hybridized carbons (Fsp3) is 0.375. The molecule has 0 fully saturated rings. The lowest BCUT2D eigenvalue weighted by molar-refractivity contribution is -0.114. The number of halogens is 1. The van der Waals surface area contributed by atoms with Crippen LogP contribution >= 0.6 is 11.6 Å². The number of alkyl halides is 1. The molecule has 0 bridgehead atoms. The Labute approximate surface area is 136 Å². The quantitative estimate of drug-likeness (QED) is 0.506. The number of hydrogen-bond donors (Lipinski definition) is 2. The Hall–Kier alpha value is -1.85. The van der Waals surface area contributed by atoms with Gasteiger partial charge in [-0.1, -0.05) is 31.7 Å². The van der Waals surface area contributed by atoms with Crippen molar-refractivity contribution in [1.29, 1.82) is 0 Å². The number of hydrogen-bond acceptors (Lipinski definition) is 4. The number of nitrogens with zero attached hydrogens (tertiary/aromatic N) is 2. The van der Waals surface area contributed by atoms with Crippen molar-refractivity contribution in [3.8, 4) is 0 Å². The average Bonchev–Trinajstić information content (AvgIpc) is 2.52. The van der Waals surface area contributed by atoms with E-state index >= 15 is 0 Å². The van der Waals surface area contributed by atoms with E-state index in [9.17, 15) is 4.79 Å². The van der Waals surface area contributed by atoms with Crippen molar-refractivity contribution < 1.29 is 4.79 Å². The van der Waals surface area contributed by atoms with Crippen LogP contribution in [0.25, 0.3) is 0 Å². The highest BCUT2D eigenvalue weighted by atomic mass is 35.5. The SMILES string of the molecule is C=C1C(=O)N(CCCN)c2ccccc2/C1=N/NC.CCCl. The third kappa shape index (κ3) is 4.08. The van der Waals surface area contributed by atoms with Crippen LogP contribution in [0.4, 0.5) is 5.69 Å². The van der Waals surface area contributed by atoms with E-state index in [4.69, 9.17) is 17.3 Å². The second-order valence-electron chi connectivity index (χ2n) is 4.55. The predicted molar refractivity (Wildman–Crippen MR) is 93.6 cm³/mol. The molecule has 0 radical (unpaired) electrons. The van der Waals surface area contributed by atoms with Gasteiger partial charge in [0.05, 0.1) is 11.3 Å². The Bertz CT molecular complexity index is 557. The number of anilines is 1. The lowest BCUT2D eigenvalue weighted by Gasteiger charge is -2.31. The molecule has 5 nitrogen and oxygen atoms in total. The minimum atomic E-state index is -0.110. The van der Waals surface area contributed by atoms with Crippen LogP contribution < -0.4 is 16.1 Å². The largest absolute Gasteiger partial charge is 0.330 e. The van der Waals surface area contributed by atoms with E-state index < -0.39 is 0 Å². The van der Waals surface area contributed by atoms with Gasteiger partial charge in [0.1, 0.15) is 5.71 Å². The topological polar surface area (TPSA) is 70.7 Å². The average molecular weight is 323 g/mol. The minimum Gasteiger partial charge on any atom is -0.330 e. The number of fused-ring (bicyclic) bond motifs is 1. The Kier molecular flexibility index (Phi) is 7.63. The van der Waals surface area contributed by atoms with Gasteiger partial charge in [0, 0.05) is 25.0 Å². The molecule has 1 aliphatic rings. The van der Waals surface area contributed by atoms with Crippen LogP contribution in [0.1, 0.15) is 18.9 Å². The highest BCUT2D eigenvalue weighted by molar-refractivity contribution is 6.36. The number of benzene rings is 1. The number of nitrogens with two attached hydrogens (primary N) is 1. The van der Waals surface area contributed by atoms with E-state index in [1.165, 1.54) is 0 Å². The van der Waals surface area contributed by atoms with Gasteiger partial charge in [0.25, 0.3) is 5.91 Å². The fourth-order valence-electron chi connectivity index (χ4n) is 2.16. The third-order valence-corrected chi connectivity index (χ3v) is 3.05. The lowest BCUT2D eigenvalue weighted by atomic mass is 9.95. The summed E-state index contributed by atoms with van der Waals surface area (Å²) in [5, 5.41) is 4.17. The third-order valence-electron chi connectivity index (χ3n) is 3.05. The van der Waals surface area contributed by atoms with Crippen molar-refractivity contribution in [3.63, 3.8) is 0 Å². The number of carbonyl (C=O) groups excluding carboxylic acids is 1. The monoisotopic (exact) mass is 322 g/mol. The van der Waals surface area contributed by atoms with Crippen LogP contribution in [-0.4, -0.2) is 37.6 Å². The molecule has 0 saturated carbocycles. The second kappa shape index (κ2) is 9.23. The predicted octanol–water partition coefficient (Wildman–Crippen LogP) is 2.11. The van der Waals surface area contributed by atoms with Gasteiger partial charge in [0.2, 0.25) is 0 Å². The molecule has 1 aliphatic heterocycles. The first-order valence-electron chi connectivity index (χ1n) is 7.23. The number of nitrogens with one attached hydrogen (secondary N) is 1. The fourth-order valence-corrected chi connectivity index (χ4v) is 2.16. The molecule has 0 atom stereocenters. The van der Waals surface area contributed by atoms with Gasteiger partial charge in [-0.15, -0.1) is 11.6 Å². The van der Waals surface area contributed by atoms with Crippen molar-refractivity contribution in [2.75, 3.05) is 30.9 Å². The van der Waals surface area contributed by atoms with Gasteiger partial charge in [-0.2, -0.15) is 5.10 Å². The summed E-state index contributed by atoms with van der Waals surface area (Å²) in [7, 11) is 1.70. The van der Waals surface area contributed by atoms with E-state index in [1.54, 1.807) is 11.9 Å². The van der Waals surface area contributed by atoms with Crippen LogP contribution in [-0.2, 0) is 4.79 Å².